The van der Waals surface area contributed by atoms with Crippen molar-refractivity contribution in [2.75, 3.05) is 0 Å². The van der Waals surface area contributed by atoms with Crippen LogP contribution in [0.3, 0.4) is 0 Å². The molecular weight excluding hydrogens is 625 g/mol. The largest absolute Gasteiger partial charge is 0.457 e. The van der Waals surface area contributed by atoms with Crippen molar-refractivity contribution in [1.29, 1.82) is 10.5 Å². The van der Waals surface area contributed by atoms with Crippen LogP contribution in [-0.4, -0.2) is 0 Å². The predicted octanol–water partition coefficient (Wildman–Crippen LogP) is 11.0. The zero-order valence-electron chi connectivity index (χ0n) is 25.5. The second kappa shape index (κ2) is 11.6. The van der Waals surface area contributed by atoms with Gasteiger partial charge in [-0.3, -0.25) is 0 Å². The molecule has 0 unspecified atom stereocenters. The van der Waals surface area contributed by atoms with E-state index in [1.165, 1.54) is 12.1 Å². The fourth-order valence-electron chi connectivity index (χ4n) is 6.18. The topological polar surface area (TPSA) is 74.8 Å². The van der Waals surface area contributed by atoms with E-state index in [1.54, 1.807) is 30.3 Å². The molecule has 232 valence electrons. The molecule has 0 aromatic heterocycles. The Balaban J connectivity index is 1.35. The van der Waals surface area contributed by atoms with E-state index in [0.717, 1.165) is 28.8 Å². The van der Waals surface area contributed by atoms with Gasteiger partial charge in [-0.15, -0.1) is 0 Å². The van der Waals surface area contributed by atoms with E-state index in [4.69, 9.17) is 22.6 Å². The number of nitrogens with zero attached hydrogens (tertiary/aromatic N) is 4. The van der Waals surface area contributed by atoms with Crippen molar-refractivity contribution in [1.82, 2.24) is 0 Å². The van der Waals surface area contributed by atoms with Crippen molar-refractivity contribution in [3.63, 3.8) is 0 Å². The van der Waals surface area contributed by atoms with Gasteiger partial charge in [0.25, 0.3) is 11.4 Å². The van der Waals surface area contributed by atoms with E-state index in [0.29, 0.717) is 61.8 Å². The monoisotopic (exact) mass is 644 g/mol. The molecule has 5 aromatic carbocycles. The Labute approximate surface area is 279 Å². The highest BCUT2D eigenvalue weighted by atomic mass is 19.4. The third-order valence-corrected chi connectivity index (χ3v) is 8.38. The molecule has 0 fully saturated rings. The van der Waals surface area contributed by atoms with Crippen LogP contribution in [0.15, 0.2) is 108 Å². The van der Waals surface area contributed by atoms with E-state index in [2.05, 4.69) is 9.69 Å². The minimum atomic E-state index is -4.48. The molecule has 49 heavy (non-hydrogen) atoms. The highest BCUT2D eigenvalue weighted by molar-refractivity contribution is 6.10. The normalized spacial score (nSPS) is 14.1. The molecule has 0 aliphatic heterocycles. The van der Waals surface area contributed by atoms with Gasteiger partial charge >= 0.3 is 6.18 Å². The number of rotatable bonds is 4. The van der Waals surface area contributed by atoms with Crippen LogP contribution in [0.1, 0.15) is 33.4 Å². The maximum Gasteiger partial charge on any atom is 0.416 e. The zero-order valence-corrected chi connectivity index (χ0v) is 25.5. The second-order valence-electron chi connectivity index (χ2n) is 11.3. The van der Waals surface area contributed by atoms with Gasteiger partial charge in [-0.1, -0.05) is 29.8 Å². The van der Waals surface area contributed by atoms with E-state index in [-0.39, 0.29) is 17.1 Å². The Morgan fingerprint density at radius 2 is 0.939 bits per heavy atom. The Hall–Kier alpha value is -7.07. The van der Waals surface area contributed by atoms with Gasteiger partial charge < -0.3 is 9.47 Å². The smallest absolute Gasteiger partial charge is 0.416 e. The van der Waals surface area contributed by atoms with Gasteiger partial charge in [-0.05, 0) is 124 Å². The molecule has 0 spiro atoms. The summed E-state index contributed by atoms with van der Waals surface area (Å²) in [5.41, 5.74) is 6.15. The molecule has 2 aliphatic rings. The summed E-state index contributed by atoms with van der Waals surface area (Å²) in [7, 11) is 0. The first-order valence-electron chi connectivity index (χ1n) is 14.7. The molecule has 5 aromatic rings. The number of ether oxygens (including phenoxy) is 2. The highest BCUT2D eigenvalue weighted by Crippen LogP contribution is 2.54. The van der Waals surface area contributed by atoms with Crippen LogP contribution in [0.4, 0.5) is 13.2 Å². The number of aryl methyl sites for hydroxylation is 1. The molecule has 9 heteroatoms. The second-order valence-corrected chi connectivity index (χ2v) is 11.3. The summed E-state index contributed by atoms with van der Waals surface area (Å²) in [5.74, 6) is 1.63. The average Bonchev–Trinajstić information content (AvgIpc) is 3.57. The SMILES string of the molecule is [C-]#[N+]/C(C#N)=C1\c2cc(Oc3ccc(C)cc3)ccc2-c2cc3c(cc21)-c1ccc(Oc2ccc(C(F)(F)F)cc2)cc1/C3=C(\C#N)[N+]#[C-]. The molecule has 0 radical (unpaired) electrons. The first kappa shape index (κ1) is 30.6. The molecule has 0 saturated heterocycles. The van der Waals surface area contributed by atoms with Gasteiger partial charge in [0.15, 0.2) is 0 Å². The van der Waals surface area contributed by atoms with Gasteiger partial charge in [-0.2, -0.15) is 13.2 Å². The van der Waals surface area contributed by atoms with Crippen LogP contribution in [0.5, 0.6) is 23.0 Å². The molecule has 0 atom stereocenters. The Bertz CT molecular complexity index is 2430. The third-order valence-electron chi connectivity index (χ3n) is 8.38. The van der Waals surface area contributed by atoms with Crippen LogP contribution in [0.2, 0.25) is 0 Å². The summed E-state index contributed by atoms with van der Waals surface area (Å²) < 4.78 is 51.2. The van der Waals surface area contributed by atoms with Crippen molar-refractivity contribution >= 4 is 11.1 Å². The van der Waals surface area contributed by atoms with E-state index in [1.807, 2.05) is 61.5 Å². The van der Waals surface area contributed by atoms with Gasteiger partial charge in [0, 0.05) is 11.1 Å². The Morgan fingerprint density at radius 3 is 1.33 bits per heavy atom. The lowest BCUT2D eigenvalue weighted by Gasteiger charge is -2.11. The summed E-state index contributed by atoms with van der Waals surface area (Å²) in [6, 6.07) is 30.2. The summed E-state index contributed by atoms with van der Waals surface area (Å²) in [5, 5.41) is 20.0. The number of nitriles is 2. The van der Waals surface area contributed by atoms with Crippen molar-refractivity contribution in [3.8, 4) is 57.4 Å². The van der Waals surface area contributed by atoms with E-state index >= 15 is 0 Å². The predicted molar refractivity (Wildman–Crippen MR) is 177 cm³/mol. The number of alkyl halides is 3. The first-order valence-corrected chi connectivity index (χ1v) is 14.7. The lowest BCUT2D eigenvalue weighted by molar-refractivity contribution is -0.137. The number of halogens is 3. The number of fused-ring (bicyclic) bond motifs is 6. The number of allylic oxidation sites excluding steroid dienone is 2. The maximum atomic E-state index is 13.1. The summed E-state index contributed by atoms with van der Waals surface area (Å²) in [6.07, 6.45) is -4.48. The summed E-state index contributed by atoms with van der Waals surface area (Å²) >= 11 is 0. The molecule has 0 saturated carbocycles. The quantitative estimate of drug-likeness (QED) is 0.141. The van der Waals surface area contributed by atoms with Crippen molar-refractivity contribution in [2.45, 2.75) is 13.1 Å². The molecule has 0 heterocycles. The molecule has 6 nitrogen and oxygen atoms in total. The van der Waals surface area contributed by atoms with Gasteiger partial charge in [0.2, 0.25) is 0 Å². The fourth-order valence-corrected chi connectivity index (χ4v) is 6.18. The number of benzene rings is 5. The minimum Gasteiger partial charge on any atom is -0.457 e. The molecule has 0 N–H and O–H groups in total. The maximum absolute atomic E-state index is 13.1. The average molecular weight is 645 g/mol. The van der Waals surface area contributed by atoms with Gasteiger partial charge in [0.05, 0.1) is 30.8 Å². The lowest BCUT2D eigenvalue weighted by Crippen LogP contribution is -2.03. The van der Waals surface area contributed by atoms with Crippen LogP contribution < -0.4 is 9.47 Å². The molecule has 0 amide bonds. The Kier molecular flexibility index (Phi) is 7.25. The minimum absolute atomic E-state index is 0.0967. The van der Waals surface area contributed by atoms with Gasteiger partial charge in [-0.25, -0.2) is 20.2 Å². The van der Waals surface area contributed by atoms with Crippen LogP contribution in [0, 0.1) is 42.7 Å². The molecule has 7 rings (SSSR count). The van der Waals surface area contributed by atoms with Crippen molar-refractivity contribution in [2.24, 2.45) is 0 Å². The fraction of sp³-hybridized carbons (Fsp3) is 0.0500. The van der Waals surface area contributed by atoms with Crippen molar-refractivity contribution in [3.05, 3.63) is 165 Å². The number of hydrogen-bond acceptors (Lipinski definition) is 4. The molecule has 2 aliphatic carbocycles. The van der Waals surface area contributed by atoms with Crippen molar-refractivity contribution < 1.29 is 22.6 Å². The van der Waals surface area contributed by atoms with Crippen LogP contribution in [-0.2, 0) is 6.18 Å². The summed E-state index contributed by atoms with van der Waals surface area (Å²) in [6.45, 7) is 17.5. The summed E-state index contributed by atoms with van der Waals surface area (Å²) in [4.78, 5) is 7.05. The third kappa shape index (κ3) is 5.23. The first-order chi connectivity index (χ1) is 23.6. The van der Waals surface area contributed by atoms with E-state index in [9.17, 15) is 23.7 Å². The van der Waals surface area contributed by atoms with Gasteiger partial charge in [0.1, 0.15) is 23.0 Å². The zero-order chi connectivity index (χ0) is 34.4. The number of hydrogen-bond donors (Lipinski definition) is 0. The highest BCUT2D eigenvalue weighted by Gasteiger charge is 2.34. The van der Waals surface area contributed by atoms with Crippen LogP contribution >= 0.6 is 0 Å². The lowest BCUT2D eigenvalue weighted by atomic mass is 9.95. The molecular formula is C40H19F3N4O2. The molecule has 0 bridgehead atoms. The standard InChI is InChI=1S/C40H19F3N4O2/c1-22-4-8-24(9-5-22)48-26-12-14-28-30-18-35-31(19-34(30)38(32(28)16-26)36(20-44)46-2)29-15-13-27(17-33(29)39(35)37(21-45)47-3)49-25-10-6-23(7-11-25)40(41,42)43/h4-19H,1H3/b38-36+,39-37-. The van der Waals surface area contributed by atoms with Crippen LogP contribution in [0.25, 0.3) is 43.1 Å². The van der Waals surface area contributed by atoms with E-state index < -0.39 is 11.7 Å². The Morgan fingerprint density at radius 1 is 0.551 bits per heavy atom.